The van der Waals surface area contributed by atoms with Gasteiger partial charge in [0, 0.05) is 14.1 Å². The molecule has 0 amide bonds. The number of oxazole rings is 1. The van der Waals surface area contributed by atoms with Gasteiger partial charge in [0.15, 0.2) is 0 Å². The van der Waals surface area contributed by atoms with E-state index in [4.69, 9.17) is 11.8 Å². The molecule has 60 valence electrons. The third-order valence-corrected chi connectivity index (χ3v) is 3.94. The van der Waals surface area contributed by atoms with E-state index in [1.54, 1.807) is 6.20 Å². The van der Waals surface area contributed by atoms with Crippen molar-refractivity contribution in [1.29, 1.82) is 0 Å². The smallest absolute Gasteiger partial charge is 0.414 e. The molecule has 1 aromatic heterocycles. The molecule has 0 aliphatic rings. The molecule has 1 heterocycles. The third kappa shape index (κ3) is 1.74. The average Bonchev–Trinajstić information content (AvgIpc) is 2.33. The van der Waals surface area contributed by atoms with Gasteiger partial charge >= 0.3 is 12.8 Å². The van der Waals surface area contributed by atoms with Crippen LogP contribution >= 0.6 is 7.00 Å². The molecule has 11 heavy (non-hydrogen) atoms. The molecule has 0 spiro atoms. The molecular formula is C5H8N2O2PS+. The maximum Gasteiger partial charge on any atom is 0.459 e. The van der Waals surface area contributed by atoms with Crippen molar-refractivity contribution in [3.8, 4) is 0 Å². The largest absolute Gasteiger partial charge is 0.459 e. The zero-order valence-electron chi connectivity index (χ0n) is 6.22. The highest BCUT2D eigenvalue weighted by Crippen LogP contribution is 2.22. The predicted octanol–water partition coefficient (Wildman–Crippen LogP) is 0.625. The summed E-state index contributed by atoms with van der Waals surface area (Å²) in [6, 6.07) is 0. The summed E-state index contributed by atoms with van der Waals surface area (Å²) in [5, 5.41) is 0. The van der Waals surface area contributed by atoms with Crippen LogP contribution in [0.2, 0.25) is 0 Å². The first-order valence-corrected chi connectivity index (χ1v) is 5.20. The number of hydrogen-bond donors (Lipinski definition) is 0. The first-order valence-electron chi connectivity index (χ1n) is 2.94. The molecule has 0 bridgehead atoms. The van der Waals surface area contributed by atoms with Gasteiger partial charge in [-0.15, -0.1) is 4.67 Å². The molecule has 0 saturated heterocycles. The molecule has 0 aliphatic carbocycles. The summed E-state index contributed by atoms with van der Waals surface area (Å²) in [6.45, 7) is -0.991. The first kappa shape index (κ1) is 8.59. The van der Waals surface area contributed by atoms with Gasteiger partial charge in [0.25, 0.3) is 0 Å². The zero-order chi connectivity index (χ0) is 8.43. The van der Waals surface area contributed by atoms with E-state index in [-0.39, 0.29) is 5.76 Å². The molecule has 0 aromatic carbocycles. The Balaban J connectivity index is 3.03. The quantitative estimate of drug-likeness (QED) is 0.642. The van der Waals surface area contributed by atoms with Crippen LogP contribution in [0.5, 0.6) is 0 Å². The van der Waals surface area contributed by atoms with Gasteiger partial charge in [0.1, 0.15) is 6.26 Å². The Labute approximate surface area is 70.0 Å². The van der Waals surface area contributed by atoms with Crippen molar-refractivity contribution in [2.45, 2.75) is 0 Å². The van der Waals surface area contributed by atoms with Crippen molar-refractivity contribution in [2.24, 2.45) is 0 Å². The Bertz CT molecular complexity index is 316. The van der Waals surface area contributed by atoms with Gasteiger partial charge in [0.2, 0.25) is 11.8 Å². The van der Waals surface area contributed by atoms with Crippen LogP contribution in [0.3, 0.4) is 0 Å². The fraction of sp³-hybridized carbons (Fsp3) is 0.400. The van der Waals surface area contributed by atoms with Crippen LogP contribution in [0.1, 0.15) is 0 Å². The van der Waals surface area contributed by atoms with E-state index in [0.717, 1.165) is 0 Å². The number of hydrogen-bond acceptors (Lipinski definition) is 3. The van der Waals surface area contributed by atoms with Gasteiger partial charge in [-0.05, 0) is 0 Å². The summed E-state index contributed by atoms with van der Waals surface area (Å²) in [4.78, 5) is 10.9. The summed E-state index contributed by atoms with van der Waals surface area (Å²) >= 11 is 5.06. The third-order valence-electron chi connectivity index (χ3n) is 1.08. The average molecular weight is 191 g/mol. The van der Waals surface area contributed by atoms with Crippen LogP contribution < -0.4 is 5.76 Å². The van der Waals surface area contributed by atoms with E-state index in [0.29, 0.717) is 0 Å². The topological polar surface area (TPSA) is 38.4 Å². The lowest BCUT2D eigenvalue weighted by atomic mass is 11.0. The minimum Gasteiger partial charge on any atom is -0.414 e. The van der Waals surface area contributed by atoms with Crippen LogP contribution in [0.4, 0.5) is 0 Å². The van der Waals surface area contributed by atoms with Crippen molar-refractivity contribution in [2.75, 3.05) is 14.1 Å². The first-order chi connectivity index (χ1) is 5.13. The monoisotopic (exact) mass is 191 g/mol. The second-order valence-corrected chi connectivity index (χ2v) is 4.83. The fourth-order valence-corrected chi connectivity index (χ4v) is 1.68. The molecular weight excluding hydrogens is 183 g/mol. The summed E-state index contributed by atoms with van der Waals surface area (Å²) in [5.74, 6) is -0.389. The summed E-state index contributed by atoms with van der Waals surface area (Å²) in [5.41, 5.74) is 0. The van der Waals surface area contributed by atoms with E-state index in [9.17, 15) is 4.79 Å². The van der Waals surface area contributed by atoms with E-state index in [2.05, 4.69) is 4.42 Å². The second-order valence-electron chi connectivity index (χ2n) is 2.11. The highest BCUT2D eigenvalue weighted by Gasteiger charge is 2.19. The lowest BCUT2D eigenvalue weighted by molar-refractivity contribution is 0.508. The molecule has 1 unspecified atom stereocenters. The van der Waals surface area contributed by atoms with Crippen LogP contribution in [-0.2, 0) is 11.8 Å². The van der Waals surface area contributed by atoms with Crippen molar-refractivity contribution in [3.63, 3.8) is 0 Å². The SMILES string of the molecule is CN(C)[P+](=S)n1ccoc1=O. The Morgan fingerprint density at radius 2 is 2.36 bits per heavy atom. The molecule has 1 rings (SSSR count). The number of rotatable bonds is 2. The van der Waals surface area contributed by atoms with Gasteiger partial charge < -0.3 is 4.42 Å². The maximum atomic E-state index is 10.9. The number of nitrogens with zero attached hydrogens (tertiary/aromatic N) is 2. The predicted molar refractivity (Wildman–Crippen MR) is 46.3 cm³/mol. The van der Waals surface area contributed by atoms with Crippen LogP contribution in [-0.4, -0.2) is 23.1 Å². The normalized spacial score (nSPS) is 12.1. The molecule has 1 atom stereocenters. The van der Waals surface area contributed by atoms with Crippen LogP contribution in [0, 0.1) is 0 Å². The maximum absolute atomic E-state index is 10.9. The summed E-state index contributed by atoms with van der Waals surface area (Å²) in [7, 11) is 3.66. The van der Waals surface area contributed by atoms with Crippen LogP contribution in [0.25, 0.3) is 0 Å². The summed E-state index contributed by atoms with van der Waals surface area (Å²) < 4.78 is 7.78. The lowest BCUT2D eigenvalue weighted by Gasteiger charge is -1.94. The van der Waals surface area contributed by atoms with Gasteiger partial charge in [0.05, 0.1) is 6.20 Å². The highest BCUT2D eigenvalue weighted by molar-refractivity contribution is 8.03. The molecule has 1 aromatic rings. The number of aromatic nitrogens is 1. The molecule has 4 nitrogen and oxygen atoms in total. The second kappa shape index (κ2) is 3.26. The molecule has 0 N–H and O–H groups in total. The summed E-state index contributed by atoms with van der Waals surface area (Å²) in [6.07, 6.45) is 2.90. The highest BCUT2D eigenvalue weighted by atomic mass is 32.4. The standard InChI is InChI=1S/C5H8N2O2PS/c1-6(2)10(11)7-3-4-9-5(7)8/h3-4H,1-2H3/q+1. The zero-order valence-corrected chi connectivity index (χ0v) is 7.93. The minimum absolute atomic E-state index is 0.389. The van der Waals surface area contributed by atoms with Gasteiger partial charge in [-0.2, -0.15) is 0 Å². The molecule has 6 heteroatoms. The van der Waals surface area contributed by atoms with E-state index < -0.39 is 7.00 Å². The Morgan fingerprint density at radius 3 is 2.73 bits per heavy atom. The van der Waals surface area contributed by atoms with Crippen molar-refractivity contribution in [1.82, 2.24) is 9.01 Å². The van der Waals surface area contributed by atoms with E-state index >= 15 is 0 Å². The fourth-order valence-electron chi connectivity index (χ4n) is 0.581. The Morgan fingerprint density at radius 1 is 1.73 bits per heavy atom. The van der Waals surface area contributed by atoms with Crippen molar-refractivity contribution >= 4 is 18.8 Å². The van der Waals surface area contributed by atoms with Crippen molar-refractivity contribution < 1.29 is 4.42 Å². The van der Waals surface area contributed by atoms with Gasteiger partial charge in [-0.1, -0.05) is 4.34 Å². The molecule has 0 radical (unpaired) electrons. The van der Waals surface area contributed by atoms with E-state index in [1.807, 2.05) is 18.8 Å². The van der Waals surface area contributed by atoms with Crippen molar-refractivity contribution in [3.05, 3.63) is 23.0 Å². The Hall–Kier alpha value is -0.510. The minimum atomic E-state index is -0.991. The Kier molecular flexibility index (Phi) is 2.54. The lowest BCUT2D eigenvalue weighted by Crippen LogP contribution is -2.13. The molecule has 0 saturated carbocycles. The van der Waals surface area contributed by atoms with E-state index in [1.165, 1.54) is 10.6 Å². The van der Waals surface area contributed by atoms with Gasteiger partial charge in [-0.25, -0.2) is 4.79 Å². The van der Waals surface area contributed by atoms with Crippen LogP contribution in [0.15, 0.2) is 21.7 Å². The molecule has 0 aliphatic heterocycles. The van der Waals surface area contributed by atoms with Gasteiger partial charge in [-0.3, -0.25) is 0 Å². The molecule has 0 fully saturated rings.